The third-order valence-corrected chi connectivity index (χ3v) is 4.78. The van der Waals surface area contributed by atoms with Crippen molar-refractivity contribution in [1.29, 1.82) is 0 Å². The van der Waals surface area contributed by atoms with E-state index in [1.807, 2.05) is 22.6 Å². The fourth-order valence-corrected chi connectivity index (χ4v) is 3.46. The normalized spacial score (nSPS) is 13.0. The number of aromatic nitrogens is 3. The van der Waals surface area contributed by atoms with Gasteiger partial charge in [-0.25, -0.2) is 14.4 Å². The molecule has 0 saturated heterocycles. The second-order valence-electron chi connectivity index (χ2n) is 6.56. The van der Waals surface area contributed by atoms with Crippen molar-refractivity contribution in [3.63, 3.8) is 0 Å². The number of fused-ring (bicyclic) bond motifs is 2. The van der Waals surface area contributed by atoms with Gasteiger partial charge in [0.15, 0.2) is 0 Å². The van der Waals surface area contributed by atoms with Crippen LogP contribution in [0.15, 0.2) is 65.1 Å². The molecule has 0 aliphatic carbocycles. The fourth-order valence-electron chi connectivity index (χ4n) is 3.46. The molecule has 7 nitrogen and oxygen atoms in total. The monoisotopic (exact) mass is 387 g/mol. The quantitative estimate of drug-likeness (QED) is 0.522. The standard InChI is InChI=1S/C21H14FN5O2/c1-29-21-20-24-18(12-2-5-15(22)6-3-12)19(27(20)9-8-23-21)13-4-7-16-14(10-13)11-17(28)26-25-16/h2-10H,11H2,1H3. The molecule has 1 aliphatic rings. The van der Waals surface area contributed by atoms with Gasteiger partial charge in [0.05, 0.1) is 30.6 Å². The van der Waals surface area contributed by atoms with E-state index in [0.29, 0.717) is 22.9 Å². The molecule has 0 bridgehead atoms. The second-order valence-corrected chi connectivity index (χ2v) is 6.56. The first-order valence-electron chi connectivity index (χ1n) is 8.89. The average molecular weight is 387 g/mol. The van der Waals surface area contributed by atoms with Crippen LogP contribution in [0.4, 0.5) is 10.1 Å². The van der Waals surface area contributed by atoms with Crippen LogP contribution >= 0.6 is 0 Å². The molecule has 0 unspecified atom stereocenters. The predicted octanol–water partition coefficient (Wildman–Crippen LogP) is 4.38. The number of imidazole rings is 1. The Balaban J connectivity index is 1.79. The summed E-state index contributed by atoms with van der Waals surface area (Å²) >= 11 is 0. The summed E-state index contributed by atoms with van der Waals surface area (Å²) in [5.41, 5.74) is 5.03. The number of hydrogen-bond donors (Lipinski definition) is 0. The lowest BCUT2D eigenvalue weighted by Gasteiger charge is -2.11. The van der Waals surface area contributed by atoms with Gasteiger partial charge in [-0.3, -0.25) is 9.20 Å². The minimum absolute atomic E-state index is 0.195. The molecule has 0 N–H and O–H groups in total. The van der Waals surface area contributed by atoms with Crippen molar-refractivity contribution in [1.82, 2.24) is 14.4 Å². The van der Waals surface area contributed by atoms with Crippen molar-refractivity contribution >= 4 is 17.2 Å². The van der Waals surface area contributed by atoms with Crippen molar-refractivity contribution < 1.29 is 13.9 Å². The van der Waals surface area contributed by atoms with Crippen molar-refractivity contribution in [3.8, 4) is 28.4 Å². The van der Waals surface area contributed by atoms with Crippen molar-refractivity contribution in [2.75, 3.05) is 7.11 Å². The number of methoxy groups -OCH3 is 1. The fraction of sp³-hybridized carbons (Fsp3) is 0.0952. The zero-order valence-electron chi connectivity index (χ0n) is 15.3. The summed E-state index contributed by atoms with van der Waals surface area (Å²) in [5, 5.41) is 7.58. The Morgan fingerprint density at radius 1 is 1.07 bits per heavy atom. The molecule has 0 fully saturated rings. The number of carbonyl (C=O) groups is 1. The van der Waals surface area contributed by atoms with E-state index in [4.69, 9.17) is 9.72 Å². The number of azo groups is 1. The molecule has 2 aromatic carbocycles. The Kier molecular flexibility index (Phi) is 3.90. The van der Waals surface area contributed by atoms with Gasteiger partial charge in [0, 0.05) is 23.5 Å². The third kappa shape index (κ3) is 2.85. The van der Waals surface area contributed by atoms with Crippen LogP contribution in [0.2, 0.25) is 0 Å². The van der Waals surface area contributed by atoms with Crippen LogP contribution in [-0.4, -0.2) is 27.4 Å². The lowest BCUT2D eigenvalue weighted by atomic mass is 10.00. The Morgan fingerprint density at radius 3 is 2.66 bits per heavy atom. The first kappa shape index (κ1) is 17.2. The summed E-state index contributed by atoms with van der Waals surface area (Å²) in [7, 11) is 1.53. The first-order chi connectivity index (χ1) is 14.1. The Hall–Kier alpha value is -3.94. The maximum absolute atomic E-state index is 13.5. The van der Waals surface area contributed by atoms with Crippen molar-refractivity contribution in [3.05, 3.63) is 66.2 Å². The summed E-state index contributed by atoms with van der Waals surface area (Å²) in [6, 6.07) is 11.8. The van der Waals surface area contributed by atoms with E-state index >= 15 is 0 Å². The van der Waals surface area contributed by atoms with Crippen molar-refractivity contribution in [2.24, 2.45) is 10.2 Å². The molecule has 5 rings (SSSR count). The molecule has 2 aromatic heterocycles. The highest BCUT2D eigenvalue weighted by Gasteiger charge is 2.21. The molecule has 0 spiro atoms. The van der Waals surface area contributed by atoms with Crippen LogP contribution in [0.3, 0.4) is 0 Å². The second kappa shape index (κ2) is 6.59. The van der Waals surface area contributed by atoms with Gasteiger partial charge in [0.2, 0.25) is 5.65 Å². The maximum atomic E-state index is 13.5. The van der Waals surface area contributed by atoms with E-state index in [2.05, 4.69) is 15.2 Å². The number of amides is 1. The molecule has 0 saturated carbocycles. The molecule has 142 valence electrons. The van der Waals surface area contributed by atoms with Gasteiger partial charge in [-0.1, -0.05) is 6.07 Å². The highest BCUT2D eigenvalue weighted by molar-refractivity contribution is 5.86. The number of carbonyl (C=O) groups excluding carboxylic acids is 1. The van der Waals surface area contributed by atoms with Gasteiger partial charge in [-0.15, -0.1) is 10.2 Å². The molecular weight excluding hydrogens is 373 g/mol. The topological polar surface area (TPSA) is 81.2 Å². The third-order valence-electron chi connectivity index (χ3n) is 4.78. The van der Waals surface area contributed by atoms with Crippen LogP contribution in [0.5, 0.6) is 5.88 Å². The van der Waals surface area contributed by atoms with Crippen LogP contribution in [0, 0.1) is 5.82 Å². The Morgan fingerprint density at radius 2 is 1.86 bits per heavy atom. The number of benzene rings is 2. The molecule has 1 aliphatic heterocycles. The van der Waals surface area contributed by atoms with E-state index in [9.17, 15) is 9.18 Å². The van der Waals surface area contributed by atoms with Gasteiger partial charge in [-0.2, -0.15) is 0 Å². The van der Waals surface area contributed by atoms with E-state index in [-0.39, 0.29) is 18.1 Å². The molecule has 29 heavy (non-hydrogen) atoms. The number of hydrogen-bond acceptors (Lipinski definition) is 5. The summed E-state index contributed by atoms with van der Waals surface area (Å²) in [4.78, 5) is 20.7. The first-order valence-corrected chi connectivity index (χ1v) is 8.89. The number of halogens is 1. The van der Waals surface area contributed by atoms with Crippen LogP contribution in [-0.2, 0) is 11.2 Å². The van der Waals surface area contributed by atoms with E-state index < -0.39 is 0 Å². The van der Waals surface area contributed by atoms with Gasteiger partial charge in [0.1, 0.15) is 5.82 Å². The molecular formula is C21H14FN5O2. The molecule has 4 aromatic rings. The lowest BCUT2D eigenvalue weighted by Crippen LogP contribution is -2.03. The highest BCUT2D eigenvalue weighted by atomic mass is 19.1. The molecule has 3 heterocycles. The Labute approximate surface area is 164 Å². The highest BCUT2D eigenvalue weighted by Crippen LogP contribution is 2.37. The maximum Gasteiger partial charge on any atom is 0.269 e. The molecule has 8 heteroatoms. The summed E-state index contributed by atoms with van der Waals surface area (Å²) in [6.07, 6.45) is 3.61. The average Bonchev–Trinajstić information content (AvgIpc) is 3.13. The number of ether oxygens (including phenoxy) is 1. The van der Waals surface area contributed by atoms with Crippen LogP contribution in [0.25, 0.3) is 28.2 Å². The van der Waals surface area contributed by atoms with Gasteiger partial charge in [0.25, 0.3) is 11.8 Å². The summed E-state index contributed by atoms with van der Waals surface area (Å²) in [6.45, 7) is 0. The zero-order chi connectivity index (χ0) is 20.0. The SMILES string of the molecule is COc1nccn2c(-c3ccc4c(c3)CC(=O)N=N4)c(-c3ccc(F)cc3)nc12. The minimum Gasteiger partial charge on any atom is -0.478 e. The van der Waals surface area contributed by atoms with Crippen LogP contribution < -0.4 is 4.74 Å². The van der Waals surface area contributed by atoms with Gasteiger partial charge < -0.3 is 4.74 Å². The van der Waals surface area contributed by atoms with Gasteiger partial charge in [-0.05, 0) is 42.0 Å². The molecule has 1 amide bonds. The van der Waals surface area contributed by atoms with Gasteiger partial charge >= 0.3 is 0 Å². The summed E-state index contributed by atoms with van der Waals surface area (Å²) in [5.74, 6) is -0.225. The minimum atomic E-state index is -0.323. The molecule has 0 radical (unpaired) electrons. The van der Waals surface area contributed by atoms with Crippen LogP contribution in [0.1, 0.15) is 5.56 Å². The predicted molar refractivity (Wildman–Crippen MR) is 104 cm³/mol. The Bertz CT molecular complexity index is 1290. The largest absolute Gasteiger partial charge is 0.478 e. The number of nitrogens with zero attached hydrogens (tertiary/aromatic N) is 5. The smallest absolute Gasteiger partial charge is 0.269 e. The van der Waals surface area contributed by atoms with E-state index in [0.717, 1.165) is 22.4 Å². The zero-order valence-corrected chi connectivity index (χ0v) is 15.3. The lowest BCUT2D eigenvalue weighted by molar-refractivity contribution is -0.117. The molecule has 0 atom stereocenters. The summed E-state index contributed by atoms with van der Waals surface area (Å²) < 4.78 is 20.7. The van der Waals surface area contributed by atoms with Crippen molar-refractivity contribution in [2.45, 2.75) is 6.42 Å². The number of rotatable bonds is 3. The van der Waals surface area contributed by atoms with E-state index in [1.165, 1.54) is 19.2 Å². The van der Waals surface area contributed by atoms with E-state index in [1.54, 1.807) is 24.5 Å².